The first-order chi connectivity index (χ1) is 12.0. The van der Waals surface area contributed by atoms with Gasteiger partial charge in [0.15, 0.2) is 0 Å². The Hall–Kier alpha value is -1.55. The second kappa shape index (κ2) is 6.31. The van der Waals surface area contributed by atoms with Crippen molar-refractivity contribution in [1.29, 1.82) is 0 Å². The molecule has 0 heterocycles. The second-order valence-electron chi connectivity index (χ2n) is 8.22. The van der Waals surface area contributed by atoms with E-state index >= 15 is 0 Å². The van der Waals surface area contributed by atoms with Crippen molar-refractivity contribution in [3.8, 4) is 0 Å². The molecule has 5 rings (SSSR count). The molecular weight excluding hydrogens is 338 g/mol. The van der Waals surface area contributed by atoms with E-state index in [9.17, 15) is 9.59 Å². The van der Waals surface area contributed by atoms with Crippen LogP contribution in [0.5, 0.6) is 0 Å². The Morgan fingerprint density at radius 2 is 1.60 bits per heavy atom. The Morgan fingerprint density at radius 1 is 1.08 bits per heavy atom. The number of rotatable bonds is 4. The van der Waals surface area contributed by atoms with Crippen LogP contribution in [0.1, 0.15) is 48.9 Å². The molecule has 1 aromatic carbocycles. The summed E-state index contributed by atoms with van der Waals surface area (Å²) in [6.07, 6.45) is 6.95. The fourth-order valence-corrected chi connectivity index (χ4v) is 6.05. The van der Waals surface area contributed by atoms with E-state index in [1.54, 1.807) is 24.3 Å². The molecule has 4 aliphatic carbocycles. The van der Waals surface area contributed by atoms with Gasteiger partial charge in [0, 0.05) is 16.0 Å². The van der Waals surface area contributed by atoms with Gasteiger partial charge in [-0.1, -0.05) is 11.6 Å². The summed E-state index contributed by atoms with van der Waals surface area (Å²) >= 11 is 5.90. The molecule has 0 radical (unpaired) electrons. The van der Waals surface area contributed by atoms with Gasteiger partial charge in [-0.15, -0.1) is 0 Å². The normalized spacial score (nSPS) is 33.8. The summed E-state index contributed by atoms with van der Waals surface area (Å²) in [5.41, 5.74) is 0.382. The number of carbonyl (C=O) groups is 2. The van der Waals surface area contributed by atoms with Gasteiger partial charge in [0.25, 0.3) is 5.91 Å². The van der Waals surface area contributed by atoms with E-state index in [0.29, 0.717) is 28.3 Å². The van der Waals surface area contributed by atoms with Crippen LogP contribution in [0.2, 0.25) is 5.02 Å². The number of benzene rings is 1. The van der Waals surface area contributed by atoms with E-state index in [1.165, 1.54) is 26.4 Å². The molecule has 0 aliphatic heterocycles. The van der Waals surface area contributed by atoms with Crippen LogP contribution in [0, 0.1) is 23.2 Å². The standard InChI is InChI=1S/C20H24ClNO3/c1-25-19(24)17(22-18(23)15-2-4-16(21)5-3-15)20-9-12-6-13(10-20)8-14(7-12)11-20/h2-5,12-14,17H,6-11H2,1H3,(H,22,23)/t12?,13?,14?,17-,20?/m0/s1. The van der Waals surface area contributed by atoms with Gasteiger partial charge < -0.3 is 10.1 Å². The number of ether oxygens (including phenoxy) is 1. The predicted molar refractivity (Wildman–Crippen MR) is 95.3 cm³/mol. The third-order valence-corrected chi connectivity index (χ3v) is 6.77. The van der Waals surface area contributed by atoms with Gasteiger partial charge in [-0.3, -0.25) is 4.79 Å². The van der Waals surface area contributed by atoms with Crippen molar-refractivity contribution in [3.63, 3.8) is 0 Å². The average molecular weight is 362 g/mol. The van der Waals surface area contributed by atoms with Gasteiger partial charge in [-0.2, -0.15) is 0 Å². The molecule has 4 aliphatic rings. The van der Waals surface area contributed by atoms with Crippen molar-refractivity contribution in [3.05, 3.63) is 34.9 Å². The number of methoxy groups -OCH3 is 1. The van der Waals surface area contributed by atoms with Gasteiger partial charge in [0.1, 0.15) is 6.04 Å². The van der Waals surface area contributed by atoms with Crippen molar-refractivity contribution in [2.75, 3.05) is 7.11 Å². The van der Waals surface area contributed by atoms with Crippen LogP contribution >= 0.6 is 11.6 Å². The topological polar surface area (TPSA) is 55.4 Å². The quantitative estimate of drug-likeness (QED) is 0.829. The van der Waals surface area contributed by atoms with E-state index in [1.807, 2.05) is 0 Å². The minimum absolute atomic E-state index is 0.135. The molecule has 4 saturated carbocycles. The maximum Gasteiger partial charge on any atom is 0.328 e. The predicted octanol–water partition coefficient (Wildman–Crippen LogP) is 3.83. The molecular formula is C20H24ClNO3. The van der Waals surface area contributed by atoms with Crippen LogP contribution in [0.3, 0.4) is 0 Å². The van der Waals surface area contributed by atoms with Gasteiger partial charge in [-0.05, 0) is 80.5 Å². The fraction of sp³-hybridized carbons (Fsp3) is 0.600. The summed E-state index contributed by atoms with van der Waals surface area (Å²) in [6.45, 7) is 0. The van der Waals surface area contributed by atoms with Crippen LogP contribution in [0.15, 0.2) is 24.3 Å². The third-order valence-electron chi connectivity index (χ3n) is 6.52. The molecule has 25 heavy (non-hydrogen) atoms. The number of halogens is 1. The van der Waals surface area contributed by atoms with Crippen molar-refractivity contribution in [2.45, 2.75) is 44.6 Å². The summed E-state index contributed by atoms with van der Waals surface area (Å²) in [5, 5.41) is 3.59. The first-order valence-electron chi connectivity index (χ1n) is 9.13. The van der Waals surface area contributed by atoms with Crippen molar-refractivity contribution in [2.24, 2.45) is 23.2 Å². The lowest BCUT2D eigenvalue weighted by atomic mass is 9.47. The van der Waals surface area contributed by atoms with Crippen LogP contribution in [-0.2, 0) is 9.53 Å². The molecule has 1 amide bonds. The van der Waals surface area contributed by atoms with E-state index in [2.05, 4.69) is 5.32 Å². The molecule has 1 atom stereocenters. The lowest BCUT2D eigenvalue weighted by Crippen LogP contribution is -2.60. The SMILES string of the molecule is COC(=O)[C@H](NC(=O)c1ccc(Cl)cc1)C12CC3CC(CC(C3)C1)C2. The summed E-state index contributed by atoms with van der Waals surface area (Å²) in [7, 11) is 1.41. The highest BCUT2D eigenvalue weighted by molar-refractivity contribution is 6.30. The van der Waals surface area contributed by atoms with Crippen LogP contribution in [-0.4, -0.2) is 25.0 Å². The summed E-state index contributed by atoms with van der Waals surface area (Å²) < 4.78 is 5.08. The summed E-state index contributed by atoms with van der Waals surface area (Å²) in [4.78, 5) is 25.3. The van der Waals surface area contributed by atoms with E-state index < -0.39 is 6.04 Å². The molecule has 4 fully saturated rings. The highest BCUT2D eigenvalue weighted by Gasteiger charge is 2.56. The number of amides is 1. The van der Waals surface area contributed by atoms with Gasteiger partial charge in [0.05, 0.1) is 7.11 Å². The van der Waals surface area contributed by atoms with Crippen LogP contribution < -0.4 is 5.32 Å². The average Bonchev–Trinajstić information content (AvgIpc) is 2.58. The third kappa shape index (κ3) is 3.05. The smallest absolute Gasteiger partial charge is 0.328 e. The van der Waals surface area contributed by atoms with Gasteiger partial charge in [0.2, 0.25) is 0 Å². The Labute approximate surface area is 153 Å². The Bertz CT molecular complexity index is 649. The number of carbonyl (C=O) groups excluding carboxylic acids is 2. The van der Waals surface area contributed by atoms with Gasteiger partial charge >= 0.3 is 5.97 Å². The zero-order valence-corrected chi connectivity index (χ0v) is 15.2. The Kier molecular flexibility index (Phi) is 4.27. The molecule has 0 spiro atoms. The van der Waals surface area contributed by atoms with Crippen molar-refractivity contribution in [1.82, 2.24) is 5.32 Å². The molecule has 1 N–H and O–H groups in total. The lowest BCUT2D eigenvalue weighted by Gasteiger charge is -2.58. The number of esters is 1. The van der Waals surface area contributed by atoms with Crippen molar-refractivity contribution >= 4 is 23.5 Å². The minimum atomic E-state index is -0.561. The zero-order valence-electron chi connectivity index (χ0n) is 14.5. The first kappa shape index (κ1) is 16.9. The monoisotopic (exact) mass is 361 g/mol. The Morgan fingerprint density at radius 3 is 2.08 bits per heavy atom. The molecule has 0 saturated heterocycles. The van der Waals surface area contributed by atoms with Gasteiger partial charge in [-0.25, -0.2) is 4.79 Å². The highest BCUT2D eigenvalue weighted by Crippen LogP contribution is 2.61. The summed E-state index contributed by atoms with van der Waals surface area (Å²) in [5.74, 6) is 1.55. The van der Waals surface area contributed by atoms with E-state index in [-0.39, 0.29) is 17.3 Å². The molecule has 4 bridgehead atoms. The fourth-order valence-electron chi connectivity index (χ4n) is 5.93. The molecule has 134 valence electrons. The molecule has 1 aromatic rings. The number of nitrogens with one attached hydrogen (secondary N) is 1. The maximum absolute atomic E-state index is 12.7. The number of hydrogen-bond donors (Lipinski definition) is 1. The van der Waals surface area contributed by atoms with Crippen LogP contribution in [0.4, 0.5) is 0 Å². The minimum Gasteiger partial charge on any atom is -0.467 e. The van der Waals surface area contributed by atoms with Crippen LogP contribution in [0.25, 0.3) is 0 Å². The molecule has 4 nitrogen and oxygen atoms in total. The van der Waals surface area contributed by atoms with Crippen molar-refractivity contribution < 1.29 is 14.3 Å². The molecule has 5 heteroatoms. The first-order valence-corrected chi connectivity index (χ1v) is 9.51. The zero-order chi connectivity index (χ0) is 17.6. The summed E-state index contributed by atoms with van der Waals surface area (Å²) in [6, 6.07) is 6.19. The maximum atomic E-state index is 12.7. The largest absolute Gasteiger partial charge is 0.467 e. The second-order valence-corrected chi connectivity index (χ2v) is 8.65. The highest BCUT2D eigenvalue weighted by atomic mass is 35.5. The Balaban J connectivity index is 1.59. The number of hydrogen-bond acceptors (Lipinski definition) is 3. The molecule has 0 unspecified atom stereocenters. The lowest BCUT2D eigenvalue weighted by molar-refractivity contribution is -0.154. The van der Waals surface area contributed by atoms with E-state index in [0.717, 1.165) is 19.3 Å². The molecule has 0 aromatic heterocycles. The van der Waals surface area contributed by atoms with E-state index in [4.69, 9.17) is 16.3 Å².